The van der Waals surface area contributed by atoms with Gasteiger partial charge in [0.2, 0.25) is 29.5 Å². The van der Waals surface area contributed by atoms with Crippen molar-refractivity contribution in [2.45, 2.75) is 214 Å². The molecule has 26 heteroatoms. The van der Waals surface area contributed by atoms with Gasteiger partial charge in [0, 0.05) is 84.6 Å². The lowest BCUT2D eigenvalue weighted by Crippen LogP contribution is -2.54. The molecule has 96 heavy (non-hydrogen) atoms. The van der Waals surface area contributed by atoms with Crippen molar-refractivity contribution in [3.63, 3.8) is 0 Å². The molecule has 7 amide bonds. The summed E-state index contributed by atoms with van der Waals surface area (Å²) in [7, 11) is 8.71. The van der Waals surface area contributed by atoms with Gasteiger partial charge in [-0.1, -0.05) is 116 Å². The average Bonchev–Trinajstić information content (AvgIpc) is 1.47. The lowest BCUT2D eigenvalue weighted by Gasteiger charge is -2.41. The molecule has 0 unspecified atom stereocenters. The fourth-order valence-electron chi connectivity index (χ4n) is 12.6. The third-order valence-corrected chi connectivity index (χ3v) is 18.6. The summed E-state index contributed by atoms with van der Waals surface area (Å²) in [5.74, 6) is -3.41. The van der Waals surface area contributed by atoms with Gasteiger partial charge in [-0.2, -0.15) is 0 Å². The van der Waals surface area contributed by atoms with Gasteiger partial charge in [0.05, 0.1) is 78.3 Å². The van der Waals surface area contributed by atoms with Gasteiger partial charge in [-0.25, -0.2) is 9.48 Å². The molecule has 1 fully saturated rings. The van der Waals surface area contributed by atoms with E-state index in [9.17, 15) is 48.3 Å². The Labute approximate surface area is 579 Å². The van der Waals surface area contributed by atoms with Crippen molar-refractivity contribution >= 4 is 82.0 Å². The molecule has 2 heterocycles. The number of hydrogen-bond acceptors (Lipinski definition) is 16. The number of aliphatic hydroxyl groups excluding tert-OH is 1. The molecule has 1 saturated heterocycles. The van der Waals surface area contributed by atoms with Gasteiger partial charge in [-0.3, -0.25) is 43.3 Å². The third kappa shape index (κ3) is 26.0. The lowest BCUT2D eigenvalue weighted by molar-refractivity contribution is -0.149. The van der Waals surface area contributed by atoms with E-state index < -0.39 is 66.2 Å². The SMILES string of the molecule is CC(=O)OCc1ccc(NC(=O)[C@H](CCCNC(N)=O)CC(=O)[C@@H](NC(=O)CCCn2nnc(CCl)c2CCl)C(C)C)cc1.CC[C@H](C)[C@@H]([C@@H](CC(=O)N1CCC[C@H]1[C@H](OC)[C@@H](C)C(=O)N[C@H](C)[C@@H](O)c1ccccc1)OC)N(C)C(=O)[C@@H](CC(=O)[C@H](C(C)C)N(C)C)C(C)C. The Morgan fingerprint density at radius 1 is 0.792 bits per heavy atom. The first-order valence-corrected chi connectivity index (χ1v) is 34.7. The summed E-state index contributed by atoms with van der Waals surface area (Å²) >= 11 is 11.8. The number of aromatic nitrogens is 3. The zero-order valence-electron chi connectivity index (χ0n) is 59.5. The fraction of sp³-hybridized carbons (Fsp3) is 0.671. The molecule has 7 N–H and O–H groups in total. The van der Waals surface area contributed by atoms with Gasteiger partial charge in [0.15, 0.2) is 11.6 Å². The first-order valence-electron chi connectivity index (χ1n) is 33.6. The van der Waals surface area contributed by atoms with Crippen molar-refractivity contribution in [2.75, 3.05) is 53.8 Å². The normalized spacial score (nSPS) is 16.6. The first kappa shape index (κ1) is 83.7. The number of amides is 7. The number of primary amides is 1. The van der Waals surface area contributed by atoms with E-state index in [0.29, 0.717) is 61.4 Å². The van der Waals surface area contributed by atoms with E-state index in [2.05, 4.69) is 45.4 Å². The molecule has 2 aromatic carbocycles. The number of Topliss-reactive ketones (excluding diaryl/α,β-unsaturated/α-hetero) is 2. The van der Waals surface area contributed by atoms with E-state index >= 15 is 0 Å². The number of aliphatic hydroxyl groups is 1. The van der Waals surface area contributed by atoms with Crippen molar-refractivity contribution in [3.05, 3.63) is 77.1 Å². The summed E-state index contributed by atoms with van der Waals surface area (Å²) < 4.78 is 18.6. The Kier molecular flexibility index (Phi) is 36.9. The number of nitrogens with two attached hydrogens (primary N) is 1. The second-order valence-electron chi connectivity index (χ2n) is 26.5. The summed E-state index contributed by atoms with van der Waals surface area (Å²) in [5.41, 5.74) is 8.40. The minimum atomic E-state index is -0.872. The van der Waals surface area contributed by atoms with Crippen molar-refractivity contribution in [1.82, 2.24) is 45.6 Å². The van der Waals surface area contributed by atoms with Crippen LogP contribution in [-0.4, -0.2) is 179 Å². The number of esters is 1. The number of nitrogens with zero attached hydrogens (tertiary/aromatic N) is 6. The van der Waals surface area contributed by atoms with Crippen molar-refractivity contribution in [3.8, 4) is 0 Å². The van der Waals surface area contributed by atoms with Crippen LogP contribution in [0.2, 0.25) is 0 Å². The highest BCUT2D eigenvalue weighted by Gasteiger charge is 2.44. The molecule has 0 spiro atoms. The van der Waals surface area contributed by atoms with Gasteiger partial charge in [0.1, 0.15) is 12.3 Å². The summed E-state index contributed by atoms with van der Waals surface area (Å²) in [4.78, 5) is 123. The molecule has 4 rings (SSSR count). The largest absolute Gasteiger partial charge is 0.461 e. The van der Waals surface area contributed by atoms with E-state index in [-0.39, 0.29) is 127 Å². The van der Waals surface area contributed by atoms with Crippen LogP contribution < -0.4 is 27.0 Å². The van der Waals surface area contributed by atoms with Crippen LogP contribution >= 0.6 is 23.2 Å². The number of carbonyl (C=O) groups is 9. The molecule has 0 radical (unpaired) electrons. The molecule has 1 aliphatic rings. The standard InChI is InChI=1S/C41H70N4O7.C29H41Cl2N7O6/c1-14-27(6)37(44(11)41(50)31(25(2)3)23-33(46)36(26(4)5)43(9)10)34(51-12)24-35(47)45-22-18-21-32(45)39(52-13)28(7)40(49)42-29(8)38(48)30-19-16-15-17-20-30;1-18(2)27(35-26(41)7-5-13-38-24(16-31)23(15-30)36-37-38)25(40)14-21(6-4-12-33-29(32)43)28(42)34-22-10-8-20(9-11-22)17-44-19(3)39/h15-17,19-20,25-29,31-32,34,36-39,48H,14,18,21-24H2,1-13H3,(H,42,49);8-11,18,21,27H,4-7,12-17H2,1-3H3,(H,34,42)(H,35,41)(H3,32,33,43)/t27-,28+,29+,31-,32-,34+,36-,37-,38+,39+;21-,27+/m01/s1. The highest BCUT2D eigenvalue weighted by molar-refractivity contribution is 6.18. The van der Waals surface area contributed by atoms with Crippen LogP contribution in [0.25, 0.3) is 0 Å². The molecule has 12 atom stereocenters. The number of anilines is 1. The number of nitrogens with one attached hydrogen (secondary N) is 4. The van der Waals surface area contributed by atoms with Crippen LogP contribution in [-0.2, 0) is 77.5 Å². The predicted octanol–water partition coefficient (Wildman–Crippen LogP) is 8.37. The molecule has 24 nitrogen and oxygen atoms in total. The molecule has 1 aliphatic heterocycles. The smallest absolute Gasteiger partial charge is 0.312 e. The Morgan fingerprint density at radius 2 is 1.45 bits per heavy atom. The second-order valence-corrected chi connectivity index (χ2v) is 27.1. The number of urea groups is 1. The number of rotatable bonds is 40. The van der Waals surface area contributed by atoms with Crippen LogP contribution in [0.3, 0.4) is 0 Å². The molecule has 0 saturated carbocycles. The molecule has 0 bridgehead atoms. The predicted molar refractivity (Wildman–Crippen MR) is 371 cm³/mol. The zero-order chi connectivity index (χ0) is 72.1. The Bertz CT molecular complexity index is 2930. The van der Waals surface area contributed by atoms with Crippen LogP contribution in [0.15, 0.2) is 54.6 Å². The maximum atomic E-state index is 14.3. The number of methoxy groups -OCH3 is 2. The number of halogens is 2. The van der Waals surface area contributed by atoms with E-state index in [1.165, 1.54) is 6.92 Å². The van der Waals surface area contributed by atoms with Gasteiger partial charge >= 0.3 is 12.0 Å². The number of ether oxygens (including phenoxy) is 3. The minimum Gasteiger partial charge on any atom is -0.461 e. The van der Waals surface area contributed by atoms with Gasteiger partial charge in [0.25, 0.3) is 0 Å². The highest BCUT2D eigenvalue weighted by Crippen LogP contribution is 2.32. The Balaban J connectivity index is 0.000000507. The first-order chi connectivity index (χ1) is 45.4. The Morgan fingerprint density at radius 3 is 1.99 bits per heavy atom. The zero-order valence-corrected chi connectivity index (χ0v) is 61.0. The van der Waals surface area contributed by atoms with Crippen molar-refractivity contribution in [2.24, 2.45) is 47.2 Å². The molecule has 3 aromatic rings. The third-order valence-electron chi connectivity index (χ3n) is 18.1. The summed E-state index contributed by atoms with van der Waals surface area (Å²) in [6.45, 7) is 21.9. The van der Waals surface area contributed by atoms with Gasteiger partial charge in [-0.05, 0) is 100 Å². The summed E-state index contributed by atoms with van der Waals surface area (Å²) in [6, 6.07) is 13.0. The van der Waals surface area contributed by atoms with Crippen LogP contribution in [0.5, 0.6) is 0 Å². The maximum Gasteiger partial charge on any atom is 0.312 e. The highest BCUT2D eigenvalue weighted by atomic mass is 35.5. The second kappa shape index (κ2) is 42.3. The molecular weight excluding hydrogens is 1270 g/mol. The van der Waals surface area contributed by atoms with E-state index in [1.54, 1.807) is 69.0 Å². The number of hydrogen-bond donors (Lipinski definition) is 6. The van der Waals surface area contributed by atoms with Crippen LogP contribution in [0.1, 0.15) is 169 Å². The number of carbonyl (C=O) groups excluding carboxylic acids is 9. The summed E-state index contributed by atoms with van der Waals surface area (Å²) in [6.07, 6.45) is 1.57. The Hall–Kier alpha value is -6.57. The number of benzene rings is 2. The van der Waals surface area contributed by atoms with Crippen LogP contribution in [0, 0.1) is 41.4 Å². The van der Waals surface area contributed by atoms with E-state index in [1.807, 2.05) is 95.8 Å². The van der Waals surface area contributed by atoms with Gasteiger partial charge < -0.3 is 56.1 Å². The number of aryl methyl sites for hydroxylation is 1. The van der Waals surface area contributed by atoms with Crippen molar-refractivity contribution in [1.29, 1.82) is 0 Å². The molecule has 1 aromatic heterocycles. The molecular formula is C70H111Cl2N11O13. The fourth-order valence-corrected chi connectivity index (χ4v) is 13.1. The molecule has 538 valence electrons. The number of ketones is 2. The minimum absolute atomic E-state index is 0.0124. The maximum absolute atomic E-state index is 14.3. The monoisotopic (exact) mass is 1380 g/mol. The number of alkyl halides is 2. The van der Waals surface area contributed by atoms with Crippen molar-refractivity contribution < 1.29 is 62.5 Å². The average molecular weight is 1390 g/mol. The van der Waals surface area contributed by atoms with E-state index in [0.717, 1.165) is 18.4 Å². The van der Waals surface area contributed by atoms with Gasteiger partial charge in [-0.15, -0.1) is 28.3 Å². The molecule has 0 aliphatic carbocycles. The topological polar surface area (TPSA) is 316 Å². The number of likely N-dealkylation sites (tertiary alicyclic amines) is 1. The quantitative estimate of drug-likeness (QED) is 0.0177. The lowest BCUT2D eigenvalue weighted by atomic mass is 9.83. The summed E-state index contributed by atoms with van der Waals surface area (Å²) in [5, 5.41) is 29.9. The number of likely N-dealkylation sites (N-methyl/N-ethyl adjacent to an activating group) is 2. The van der Waals surface area contributed by atoms with Crippen LogP contribution in [0.4, 0.5) is 10.5 Å². The van der Waals surface area contributed by atoms with E-state index in [4.69, 9.17) is 43.1 Å².